The van der Waals surface area contributed by atoms with E-state index >= 15 is 0 Å². The highest BCUT2D eigenvalue weighted by molar-refractivity contribution is 5.73. The minimum absolute atomic E-state index is 0.0996. The van der Waals surface area contributed by atoms with E-state index < -0.39 is 5.79 Å². The Morgan fingerprint density at radius 3 is 2.88 bits per heavy atom. The van der Waals surface area contributed by atoms with E-state index in [0.29, 0.717) is 13.2 Å². The predicted octanol–water partition coefficient (Wildman–Crippen LogP) is 0.147. The maximum absolute atomic E-state index is 11.6. The van der Waals surface area contributed by atoms with Crippen molar-refractivity contribution < 1.29 is 19.0 Å². The van der Waals surface area contributed by atoms with Crippen LogP contribution in [0.25, 0.3) is 0 Å². The SMILES string of the molecule is COC(=O)[C@@H]1CNC[C@@H]2COC(C)(C)O[C@@H]21. The Bertz CT molecular complexity index is 279. The summed E-state index contributed by atoms with van der Waals surface area (Å²) in [6, 6.07) is 0. The Hall–Kier alpha value is -0.650. The van der Waals surface area contributed by atoms with Crippen molar-refractivity contribution in [2.45, 2.75) is 25.7 Å². The second-order valence-electron chi connectivity index (χ2n) is 4.84. The highest BCUT2D eigenvalue weighted by atomic mass is 16.7. The maximum atomic E-state index is 11.6. The second-order valence-corrected chi connectivity index (χ2v) is 4.84. The number of esters is 1. The number of hydrogen-bond donors (Lipinski definition) is 1. The van der Waals surface area contributed by atoms with Gasteiger partial charge in [0.05, 0.1) is 25.7 Å². The smallest absolute Gasteiger partial charge is 0.312 e. The first-order valence-corrected chi connectivity index (χ1v) is 5.64. The first-order valence-electron chi connectivity index (χ1n) is 5.64. The zero-order valence-corrected chi connectivity index (χ0v) is 9.99. The molecule has 0 aromatic rings. The van der Waals surface area contributed by atoms with Crippen LogP contribution in [0.2, 0.25) is 0 Å². The fraction of sp³-hybridized carbons (Fsp3) is 0.909. The van der Waals surface area contributed by atoms with Gasteiger partial charge in [-0.3, -0.25) is 4.79 Å². The van der Waals surface area contributed by atoms with Crippen LogP contribution in [0.4, 0.5) is 0 Å². The van der Waals surface area contributed by atoms with Gasteiger partial charge in [0.1, 0.15) is 0 Å². The standard InChI is InChI=1S/C11H19NO4/c1-11(2)15-6-7-4-12-5-8(9(7)16-11)10(13)14-3/h7-9,12H,4-6H2,1-3H3/t7-,8-,9+/m1/s1. The van der Waals surface area contributed by atoms with Crippen molar-refractivity contribution >= 4 is 5.97 Å². The molecule has 2 rings (SSSR count). The maximum Gasteiger partial charge on any atom is 0.312 e. The Balaban J connectivity index is 2.12. The van der Waals surface area contributed by atoms with Crippen molar-refractivity contribution in [3.8, 4) is 0 Å². The topological polar surface area (TPSA) is 56.8 Å². The van der Waals surface area contributed by atoms with Gasteiger partial charge in [0, 0.05) is 19.0 Å². The molecular formula is C11H19NO4. The van der Waals surface area contributed by atoms with E-state index in [-0.39, 0.29) is 23.9 Å². The third kappa shape index (κ3) is 2.21. The number of ether oxygens (including phenoxy) is 3. The lowest BCUT2D eigenvalue weighted by Gasteiger charge is -2.46. The van der Waals surface area contributed by atoms with Crippen molar-refractivity contribution in [3.05, 3.63) is 0 Å². The third-order valence-corrected chi connectivity index (χ3v) is 3.20. The Labute approximate surface area is 95.4 Å². The zero-order chi connectivity index (χ0) is 11.8. The summed E-state index contributed by atoms with van der Waals surface area (Å²) in [5.41, 5.74) is 0. The lowest BCUT2D eigenvalue weighted by molar-refractivity contribution is -0.304. The van der Waals surface area contributed by atoms with Crippen LogP contribution in [0, 0.1) is 11.8 Å². The largest absolute Gasteiger partial charge is 0.469 e. The van der Waals surface area contributed by atoms with Gasteiger partial charge in [-0.15, -0.1) is 0 Å². The van der Waals surface area contributed by atoms with Crippen LogP contribution in [-0.4, -0.2) is 44.7 Å². The molecule has 2 saturated heterocycles. The molecule has 2 aliphatic rings. The number of carbonyl (C=O) groups excluding carboxylic acids is 1. The Kier molecular flexibility index (Phi) is 3.19. The number of rotatable bonds is 1. The van der Waals surface area contributed by atoms with Crippen LogP contribution in [0.3, 0.4) is 0 Å². The number of hydrogen-bond acceptors (Lipinski definition) is 5. The summed E-state index contributed by atoms with van der Waals surface area (Å²) in [7, 11) is 1.41. The van der Waals surface area contributed by atoms with Gasteiger partial charge in [-0.2, -0.15) is 0 Å². The molecule has 16 heavy (non-hydrogen) atoms. The Morgan fingerprint density at radius 2 is 2.19 bits per heavy atom. The number of carbonyl (C=O) groups is 1. The molecule has 2 heterocycles. The fourth-order valence-electron chi connectivity index (χ4n) is 2.36. The Morgan fingerprint density at radius 1 is 1.44 bits per heavy atom. The minimum Gasteiger partial charge on any atom is -0.469 e. The van der Waals surface area contributed by atoms with E-state index in [4.69, 9.17) is 14.2 Å². The molecule has 0 aromatic carbocycles. The molecule has 0 radical (unpaired) electrons. The van der Waals surface area contributed by atoms with Gasteiger partial charge >= 0.3 is 5.97 Å². The van der Waals surface area contributed by atoms with E-state index in [1.807, 2.05) is 13.8 Å². The molecule has 0 spiro atoms. The van der Waals surface area contributed by atoms with Crippen molar-refractivity contribution in [2.75, 3.05) is 26.8 Å². The van der Waals surface area contributed by atoms with Crippen LogP contribution in [0.15, 0.2) is 0 Å². The summed E-state index contributed by atoms with van der Waals surface area (Å²) in [6.45, 7) is 5.81. The van der Waals surface area contributed by atoms with Crippen molar-refractivity contribution in [3.63, 3.8) is 0 Å². The summed E-state index contributed by atoms with van der Waals surface area (Å²) < 4.78 is 16.2. The average Bonchev–Trinajstić information content (AvgIpc) is 2.26. The molecule has 0 aliphatic carbocycles. The summed E-state index contributed by atoms with van der Waals surface area (Å²) in [4.78, 5) is 11.6. The summed E-state index contributed by atoms with van der Waals surface area (Å²) in [5.74, 6) is -0.817. The van der Waals surface area contributed by atoms with Crippen LogP contribution in [0.5, 0.6) is 0 Å². The second kappa shape index (κ2) is 4.31. The summed E-state index contributed by atoms with van der Waals surface area (Å²) in [5, 5.41) is 3.22. The van der Waals surface area contributed by atoms with Crippen molar-refractivity contribution in [2.24, 2.45) is 11.8 Å². The van der Waals surface area contributed by atoms with Crippen LogP contribution in [0.1, 0.15) is 13.8 Å². The molecule has 3 atom stereocenters. The third-order valence-electron chi connectivity index (χ3n) is 3.20. The molecule has 92 valence electrons. The van der Waals surface area contributed by atoms with Gasteiger partial charge < -0.3 is 19.5 Å². The summed E-state index contributed by atoms with van der Waals surface area (Å²) >= 11 is 0. The van der Waals surface area contributed by atoms with Gasteiger partial charge in [-0.25, -0.2) is 0 Å². The first kappa shape index (κ1) is 11.8. The average molecular weight is 229 g/mol. The van der Waals surface area contributed by atoms with Gasteiger partial charge in [-0.05, 0) is 13.8 Å². The molecule has 0 aromatic heterocycles. The van der Waals surface area contributed by atoms with Gasteiger partial charge in [0.15, 0.2) is 5.79 Å². The molecule has 0 bridgehead atoms. The molecular weight excluding hydrogens is 210 g/mol. The normalized spacial score (nSPS) is 37.6. The molecule has 5 nitrogen and oxygen atoms in total. The van der Waals surface area contributed by atoms with Gasteiger partial charge in [-0.1, -0.05) is 0 Å². The minimum atomic E-state index is -0.606. The first-order chi connectivity index (χ1) is 7.53. The number of nitrogens with one attached hydrogen (secondary N) is 1. The highest BCUT2D eigenvalue weighted by Crippen LogP contribution is 2.32. The highest BCUT2D eigenvalue weighted by Gasteiger charge is 2.45. The van der Waals surface area contributed by atoms with E-state index in [1.165, 1.54) is 7.11 Å². The molecule has 5 heteroatoms. The predicted molar refractivity (Wildman–Crippen MR) is 56.8 cm³/mol. The number of methoxy groups -OCH3 is 1. The fourth-order valence-corrected chi connectivity index (χ4v) is 2.36. The number of piperidine rings is 1. The van der Waals surface area contributed by atoms with Crippen molar-refractivity contribution in [1.29, 1.82) is 0 Å². The molecule has 0 amide bonds. The molecule has 0 saturated carbocycles. The molecule has 2 aliphatic heterocycles. The monoisotopic (exact) mass is 229 g/mol. The number of fused-ring (bicyclic) bond motifs is 1. The molecule has 2 fully saturated rings. The lowest BCUT2D eigenvalue weighted by atomic mass is 9.86. The summed E-state index contributed by atoms with van der Waals surface area (Å²) in [6.07, 6.45) is -0.0996. The van der Waals surface area contributed by atoms with Crippen molar-refractivity contribution in [1.82, 2.24) is 5.32 Å². The van der Waals surface area contributed by atoms with Crippen LogP contribution in [-0.2, 0) is 19.0 Å². The van der Waals surface area contributed by atoms with E-state index in [2.05, 4.69) is 5.32 Å². The van der Waals surface area contributed by atoms with Gasteiger partial charge in [0.25, 0.3) is 0 Å². The van der Waals surface area contributed by atoms with Crippen LogP contribution < -0.4 is 5.32 Å². The van der Waals surface area contributed by atoms with Gasteiger partial charge in [0.2, 0.25) is 0 Å². The zero-order valence-electron chi connectivity index (χ0n) is 9.99. The van der Waals surface area contributed by atoms with E-state index in [1.54, 1.807) is 0 Å². The lowest BCUT2D eigenvalue weighted by Crippen LogP contribution is -2.58. The van der Waals surface area contributed by atoms with E-state index in [9.17, 15) is 4.79 Å². The van der Waals surface area contributed by atoms with Crippen LogP contribution >= 0.6 is 0 Å². The molecule has 1 N–H and O–H groups in total. The quantitative estimate of drug-likeness (QED) is 0.648. The molecule has 0 unspecified atom stereocenters. The van der Waals surface area contributed by atoms with E-state index in [0.717, 1.165) is 6.54 Å².